The number of ether oxygens (including phenoxy) is 1. The molecule has 1 aromatic heterocycles. The van der Waals surface area contributed by atoms with E-state index in [1.165, 1.54) is 18.4 Å². The number of aromatic nitrogens is 1. The van der Waals surface area contributed by atoms with Gasteiger partial charge >= 0.3 is 12.0 Å². The van der Waals surface area contributed by atoms with Gasteiger partial charge in [0.05, 0.1) is 13.7 Å². The van der Waals surface area contributed by atoms with E-state index in [0.29, 0.717) is 22.3 Å². The molecule has 0 aliphatic heterocycles. The van der Waals surface area contributed by atoms with Crippen LogP contribution in [0.5, 0.6) is 0 Å². The second kappa shape index (κ2) is 7.19. The van der Waals surface area contributed by atoms with Crippen molar-refractivity contribution < 1.29 is 14.3 Å². The topological polar surface area (TPSA) is 71.5 Å². The third-order valence-electron chi connectivity index (χ3n) is 3.58. The Morgan fingerprint density at radius 3 is 2.92 bits per heavy atom. The number of halogens is 1. The first-order chi connectivity index (χ1) is 11.6. The van der Waals surface area contributed by atoms with E-state index in [1.54, 1.807) is 34.5 Å². The van der Waals surface area contributed by atoms with Crippen molar-refractivity contribution in [3.63, 3.8) is 0 Å². The summed E-state index contributed by atoms with van der Waals surface area (Å²) in [7, 11) is 1.32. The number of anilines is 1. The maximum absolute atomic E-state index is 12.6. The van der Waals surface area contributed by atoms with Gasteiger partial charge in [0.25, 0.3) is 0 Å². The Bertz CT molecular complexity index is 761. The van der Waals surface area contributed by atoms with E-state index >= 15 is 0 Å². The van der Waals surface area contributed by atoms with Gasteiger partial charge in [-0.25, -0.2) is 14.6 Å². The molecule has 1 aliphatic rings. The van der Waals surface area contributed by atoms with Crippen LogP contribution < -0.4 is 5.32 Å². The van der Waals surface area contributed by atoms with Crippen molar-refractivity contribution in [2.75, 3.05) is 12.4 Å². The fraction of sp³-hybridized carbons (Fsp3) is 0.312. The monoisotopic (exact) mass is 365 g/mol. The molecule has 0 spiro atoms. The quantitative estimate of drug-likeness (QED) is 0.818. The highest BCUT2D eigenvalue weighted by Crippen LogP contribution is 2.30. The zero-order chi connectivity index (χ0) is 17.1. The number of thiazole rings is 1. The lowest BCUT2D eigenvalue weighted by atomic mass is 10.3. The summed E-state index contributed by atoms with van der Waals surface area (Å²) in [6.45, 7) is 0.360. The first-order valence-corrected chi connectivity index (χ1v) is 8.68. The van der Waals surface area contributed by atoms with Crippen molar-refractivity contribution >= 4 is 40.6 Å². The Morgan fingerprint density at radius 2 is 2.25 bits per heavy atom. The number of nitrogens with zero attached hydrogens (tertiary/aromatic N) is 2. The number of carbonyl (C=O) groups excluding carboxylic acids is 2. The molecule has 2 amide bonds. The molecule has 6 nitrogen and oxygen atoms in total. The summed E-state index contributed by atoms with van der Waals surface area (Å²) >= 11 is 7.28. The molecular weight excluding hydrogens is 350 g/mol. The Kier molecular flexibility index (Phi) is 5.01. The molecule has 1 heterocycles. The van der Waals surface area contributed by atoms with Crippen molar-refractivity contribution in [2.24, 2.45) is 0 Å². The summed E-state index contributed by atoms with van der Waals surface area (Å²) in [5, 5.41) is 5.75. The number of hydrogen-bond acceptors (Lipinski definition) is 5. The van der Waals surface area contributed by atoms with Crippen molar-refractivity contribution in [2.45, 2.75) is 25.4 Å². The number of esters is 1. The average Bonchev–Trinajstić information content (AvgIpc) is 3.29. The van der Waals surface area contributed by atoms with E-state index in [-0.39, 0.29) is 17.8 Å². The number of methoxy groups -OCH3 is 1. The van der Waals surface area contributed by atoms with Crippen LogP contribution in [0.3, 0.4) is 0 Å². The lowest BCUT2D eigenvalue weighted by molar-refractivity contribution is 0.0594. The van der Waals surface area contributed by atoms with E-state index in [0.717, 1.165) is 12.8 Å². The minimum absolute atomic E-state index is 0.199. The van der Waals surface area contributed by atoms with Crippen LogP contribution >= 0.6 is 22.9 Å². The molecule has 1 N–H and O–H groups in total. The molecule has 1 fully saturated rings. The van der Waals surface area contributed by atoms with Crippen molar-refractivity contribution in [3.8, 4) is 0 Å². The van der Waals surface area contributed by atoms with Crippen LogP contribution in [0, 0.1) is 0 Å². The number of rotatable bonds is 5. The van der Waals surface area contributed by atoms with Crippen LogP contribution in [0.4, 0.5) is 10.5 Å². The second-order valence-corrected chi connectivity index (χ2v) is 6.80. The molecule has 0 saturated heterocycles. The zero-order valence-electron chi connectivity index (χ0n) is 13.0. The molecule has 1 aromatic carbocycles. The summed E-state index contributed by atoms with van der Waals surface area (Å²) in [6, 6.07) is 7.02. The van der Waals surface area contributed by atoms with Crippen molar-refractivity contribution in [1.82, 2.24) is 9.88 Å². The van der Waals surface area contributed by atoms with Crippen LogP contribution in [-0.2, 0) is 11.3 Å². The Balaban J connectivity index is 1.69. The smallest absolute Gasteiger partial charge is 0.357 e. The summed E-state index contributed by atoms with van der Waals surface area (Å²) in [4.78, 5) is 30.0. The van der Waals surface area contributed by atoms with Crippen LogP contribution in [-0.4, -0.2) is 35.0 Å². The van der Waals surface area contributed by atoms with Gasteiger partial charge in [-0.15, -0.1) is 11.3 Å². The average molecular weight is 366 g/mol. The van der Waals surface area contributed by atoms with Gasteiger partial charge in [-0.05, 0) is 31.0 Å². The second-order valence-electron chi connectivity index (χ2n) is 5.42. The molecule has 1 saturated carbocycles. The molecule has 8 heteroatoms. The highest BCUT2D eigenvalue weighted by molar-refractivity contribution is 7.09. The largest absolute Gasteiger partial charge is 0.464 e. The molecule has 0 atom stereocenters. The first-order valence-electron chi connectivity index (χ1n) is 7.42. The third kappa shape index (κ3) is 4.04. The maximum Gasteiger partial charge on any atom is 0.357 e. The number of hydrogen-bond donors (Lipinski definition) is 1. The van der Waals surface area contributed by atoms with Crippen LogP contribution in [0.1, 0.15) is 28.3 Å². The third-order valence-corrected chi connectivity index (χ3v) is 4.64. The molecule has 1 aliphatic carbocycles. The fourth-order valence-electron chi connectivity index (χ4n) is 2.24. The first kappa shape index (κ1) is 16.7. The van der Waals surface area contributed by atoms with Gasteiger partial charge in [-0.3, -0.25) is 0 Å². The van der Waals surface area contributed by atoms with E-state index in [1.807, 2.05) is 0 Å². The van der Waals surface area contributed by atoms with E-state index < -0.39 is 5.97 Å². The maximum atomic E-state index is 12.6. The van der Waals surface area contributed by atoms with Crippen molar-refractivity contribution in [3.05, 3.63) is 45.4 Å². The van der Waals surface area contributed by atoms with Crippen molar-refractivity contribution in [1.29, 1.82) is 0 Å². The highest BCUT2D eigenvalue weighted by atomic mass is 35.5. The predicted octanol–water partition coefficient (Wildman–Crippen LogP) is 3.78. The molecule has 0 radical (unpaired) electrons. The molecule has 2 aromatic rings. The number of amides is 2. The standard InChI is InChI=1S/C16H16ClN3O3S/c1-23-15(21)13-9-24-14(19-13)8-20(12-5-6-12)16(22)18-11-4-2-3-10(17)7-11/h2-4,7,9,12H,5-6,8H2,1H3,(H,18,22). The summed E-state index contributed by atoms with van der Waals surface area (Å²) in [5.74, 6) is -0.473. The molecule has 0 bridgehead atoms. The normalized spacial score (nSPS) is 13.4. The molecule has 3 rings (SSSR count). The number of carbonyl (C=O) groups is 2. The van der Waals surface area contributed by atoms with Crippen LogP contribution in [0.2, 0.25) is 5.02 Å². The molecule has 0 unspecified atom stereocenters. The SMILES string of the molecule is COC(=O)c1csc(CN(C(=O)Nc2cccc(Cl)c2)C2CC2)n1. The van der Waals surface area contributed by atoms with Gasteiger partial charge in [0.15, 0.2) is 5.69 Å². The van der Waals surface area contributed by atoms with Gasteiger partial charge < -0.3 is 15.0 Å². The summed E-state index contributed by atoms with van der Waals surface area (Å²) in [5.41, 5.74) is 0.913. The van der Waals surface area contributed by atoms with Gasteiger partial charge in [-0.2, -0.15) is 0 Å². The fourth-order valence-corrected chi connectivity index (χ4v) is 3.19. The van der Waals surface area contributed by atoms with Gasteiger partial charge in [0, 0.05) is 22.1 Å². The van der Waals surface area contributed by atoms with E-state index in [9.17, 15) is 9.59 Å². The van der Waals surface area contributed by atoms with Gasteiger partial charge in [-0.1, -0.05) is 17.7 Å². The van der Waals surface area contributed by atoms with Crippen LogP contribution in [0.25, 0.3) is 0 Å². The lowest BCUT2D eigenvalue weighted by Crippen LogP contribution is -2.36. The van der Waals surface area contributed by atoms with E-state index in [2.05, 4.69) is 15.0 Å². The lowest BCUT2D eigenvalue weighted by Gasteiger charge is -2.21. The number of urea groups is 1. The minimum atomic E-state index is -0.473. The number of benzene rings is 1. The molecule has 24 heavy (non-hydrogen) atoms. The van der Waals surface area contributed by atoms with E-state index in [4.69, 9.17) is 11.6 Å². The minimum Gasteiger partial charge on any atom is -0.464 e. The zero-order valence-corrected chi connectivity index (χ0v) is 14.6. The summed E-state index contributed by atoms with van der Waals surface area (Å²) in [6.07, 6.45) is 1.94. The predicted molar refractivity (Wildman–Crippen MR) is 92.5 cm³/mol. The summed E-state index contributed by atoms with van der Waals surface area (Å²) < 4.78 is 4.65. The molecule has 126 valence electrons. The molecular formula is C16H16ClN3O3S. The highest BCUT2D eigenvalue weighted by Gasteiger charge is 2.33. The Hall–Kier alpha value is -2.12. The van der Waals surface area contributed by atoms with Gasteiger partial charge in [0.2, 0.25) is 0 Å². The Morgan fingerprint density at radius 1 is 1.46 bits per heavy atom. The van der Waals surface area contributed by atoms with Crippen LogP contribution in [0.15, 0.2) is 29.6 Å². The van der Waals surface area contributed by atoms with Gasteiger partial charge in [0.1, 0.15) is 5.01 Å². The Labute approximate surface area is 148 Å². The number of nitrogens with one attached hydrogen (secondary N) is 1.